The molecule has 0 unspecified atom stereocenters. The maximum atomic E-state index is 11.9. The molecule has 79 valence electrons. The molecule has 1 amide bonds. The van der Waals surface area contributed by atoms with Crippen molar-refractivity contribution in [2.24, 2.45) is 0 Å². The van der Waals surface area contributed by atoms with Crippen molar-refractivity contribution in [2.75, 3.05) is 33.2 Å². The van der Waals surface area contributed by atoms with Crippen LogP contribution >= 0.6 is 0 Å². The van der Waals surface area contributed by atoms with Crippen LogP contribution in [0.5, 0.6) is 0 Å². The van der Waals surface area contributed by atoms with E-state index in [0.29, 0.717) is 5.56 Å². The van der Waals surface area contributed by atoms with E-state index in [2.05, 4.69) is 23.1 Å². The van der Waals surface area contributed by atoms with E-state index in [4.69, 9.17) is 0 Å². The van der Waals surface area contributed by atoms with E-state index < -0.39 is 0 Å². The zero-order valence-electron chi connectivity index (χ0n) is 8.81. The zero-order chi connectivity index (χ0) is 10.7. The van der Waals surface area contributed by atoms with Crippen LogP contribution in [0.25, 0.3) is 0 Å². The molecule has 1 aliphatic heterocycles. The highest BCUT2D eigenvalue weighted by atomic mass is 16.2. The average Bonchev–Trinajstić information content (AvgIpc) is 2.30. The van der Waals surface area contributed by atoms with Gasteiger partial charge in [-0.05, 0) is 19.2 Å². The fourth-order valence-electron chi connectivity index (χ4n) is 1.63. The molecule has 2 rings (SSSR count). The number of hydrogen-bond acceptors (Lipinski definition) is 3. The Morgan fingerprint density at radius 1 is 1.40 bits per heavy atom. The Morgan fingerprint density at radius 2 is 2.13 bits per heavy atom. The van der Waals surface area contributed by atoms with Gasteiger partial charge in [-0.3, -0.25) is 9.78 Å². The van der Waals surface area contributed by atoms with Gasteiger partial charge < -0.3 is 9.80 Å². The smallest absolute Gasteiger partial charge is 0.256 e. The third-order valence-corrected chi connectivity index (χ3v) is 2.63. The summed E-state index contributed by atoms with van der Waals surface area (Å²) < 4.78 is 0. The number of amides is 1. The summed E-state index contributed by atoms with van der Waals surface area (Å²) in [5.74, 6) is 0.0381. The van der Waals surface area contributed by atoms with Gasteiger partial charge in [0.05, 0.1) is 5.56 Å². The van der Waals surface area contributed by atoms with Crippen molar-refractivity contribution in [1.82, 2.24) is 14.8 Å². The lowest BCUT2D eigenvalue weighted by Gasteiger charge is -2.32. The lowest BCUT2D eigenvalue weighted by Crippen LogP contribution is -2.47. The van der Waals surface area contributed by atoms with Crippen molar-refractivity contribution in [3.63, 3.8) is 0 Å². The van der Waals surface area contributed by atoms with Crippen LogP contribution in [0.2, 0.25) is 0 Å². The van der Waals surface area contributed by atoms with Gasteiger partial charge in [-0.25, -0.2) is 0 Å². The number of pyridine rings is 1. The lowest BCUT2D eigenvalue weighted by atomic mass is 10.2. The predicted octanol–water partition coefficient (Wildman–Crippen LogP) is 0.269. The number of hydrogen-bond donors (Lipinski definition) is 0. The average molecular weight is 204 g/mol. The molecule has 1 radical (unpaired) electrons. The number of carbonyl (C=O) groups is 1. The highest BCUT2D eigenvalue weighted by Gasteiger charge is 2.20. The van der Waals surface area contributed by atoms with Gasteiger partial charge in [-0.15, -0.1) is 0 Å². The van der Waals surface area contributed by atoms with Crippen LogP contribution in [0.3, 0.4) is 0 Å². The van der Waals surface area contributed by atoms with E-state index >= 15 is 0 Å². The Bertz CT molecular complexity index is 331. The number of carbonyl (C=O) groups excluding carboxylic acids is 1. The lowest BCUT2D eigenvalue weighted by molar-refractivity contribution is 0.0663. The second kappa shape index (κ2) is 4.40. The Hall–Kier alpha value is -1.42. The highest BCUT2D eigenvalue weighted by molar-refractivity contribution is 5.93. The van der Waals surface area contributed by atoms with Crippen LogP contribution in [0.1, 0.15) is 10.4 Å². The van der Waals surface area contributed by atoms with Gasteiger partial charge in [0.2, 0.25) is 0 Å². The van der Waals surface area contributed by atoms with E-state index in [-0.39, 0.29) is 5.91 Å². The zero-order valence-corrected chi connectivity index (χ0v) is 8.81. The molecular formula is C11H14N3O. The third kappa shape index (κ3) is 2.33. The van der Waals surface area contributed by atoms with Crippen LogP contribution in [0.4, 0.5) is 0 Å². The normalized spacial score (nSPS) is 17.8. The van der Waals surface area contributed by atoms with Crippen LogP contribution in [-0.4, -0.2) is 53.9 Å². The second-order valence-electron chi connectivity index (χ2n) is 3.76. The van der Waals surface area contributed by atoms with Gasteiger partial charge in [-0.1, -0.05) is 0 Å². The molecule has 2 heterocycles. The SMILES string of the molecule is CN1CCN(C(=O)c2[c]nccc2)CC1. The van der Waals surface area contributed by atoms with Crippen LogP contribution < -0.4 is 0 Å². The molecule has 0 bridgehead atoms. The fraction of sp³-hybridized carbons (Fsp3) is 0.455. The molecule has 4 nitrogen and oxygen atoms in total. The van der Waals surface area contributed by atoms with Crippen molar-refractivity contribution >= 4 is 5.91 Å². The molecule has 1 aromatic heterocycles. The minimum absolute atomic E-state index is 0.0381. The molecule has 0 saturated carbocycles. The Labute approximate surface area is 89.5 Å². The summed E-state index contributed by atoms with van der Waals surface area (Å²) in [5, 5.41) is 0. The molecule has 1 aliphatic rings. The highest BCUT2D eigenvalue weighted by Crippen LogP contribution is 2.05. The molecule has 0 atom stereocenters. The molecule has 1 aromatic rings. The van der Waals surface area contributed by atoms with Crippen molar-refractivity contribution in [3.8, 4) is 0 Å². The Morgan fingerprint density at radius 3 is 2.73 bits per heavy atom. The third-order valence-electron chi connectivity index (χ3n) is 2.63. The van der Waals surface area contributed by atoms with E-state index in [1.807, 2.05) is 4.90 Å². The summed E-state index contributed by atoms with van der Waals surface area (Å²) >= 11 is 0. The number of aromatic nitrogens is 1. The summed E-state index contributed by atoms with van der Waals surface area (Å²) in [6.07, 6.45) is 4.35. The molecule has 0 N–H and O–H groups in total. The maximum absolute atomic E-state index is 11.9. The van der Waals surface area contributed by atoms with Gasteiger partial charge in [0.1, 0.15) is 6.20 Å². The molecule has 0 aliphatic carbocycles. The van der Waals surface area contributed by atoms with Gasteiger partial charge >= 0.3 is 0 Å². The Balaban J connectivity index is 2.03. The van der Waals surface area contributed by atoms with Crippen molar-refractivity contribution in [2.45, 2.75) is 0 Å². The van der Waals surface area contributed by atoms with Crippen molar-refractivity contribution < 1.29 is 4.79 Å². The van der Waals surface area contributed by atoms with Crippen molar-refractivity contribution in [3.05, 3.63) is 30.1 Å². The van der Waals surface area contributed by atoms with E-state index in [0.717, 1.165) is 26.2 Å². The van der Waals surface area contributed by atoms with Gasteiger partial charge in [0.25, 0.3) is 5.91 Å². The largest absolute Gasteiger partial charge is 0.336 e. The minimum atomic E-state index is 0.0381. The quantitative estimate of drug-likeness (QED) is 0.659. The second-order valence-corrected chi connectivity index (χ2v) is 3.76. The number of piperazine rings is 1. The molecule has 0 aromatic carbocycles. The molecule has 4 heteroatoms. The van der Waals surface area contributed by atoms with E-state index in [1.54, 1.807) is 18.3 Å². The standard InChI is InChI=1S/C11H14N3O/c1-13-5-7-14(8-6-13)11(15)10-3-2-4-12-9-10/h2-4H,5-8H2,1H3. The summed E-state index contributed by atoms with van der Waals surface area (Å²) in [4.78, 5) is 19.8. The fourth-order valence-corrected chi connectivity index (χ4v) is 1.63. The first-order valence-corrected chi connectivity index (χ1v) is 5.08. The van der Waals surface area contributed by atoms with Gasteiger partial charge in [0, 0.05) is 32.4 Å². The monoisotopic (exact) mass is 204 g/mol. The summed E-state index contributed by atoms with van der Waals surface area (Å²) in [6.45, 7) is 3.45. The first-order chi connectivity index (χ1) is 7.27. The van der Waals surface area contributed by atoms with E-state index in [1.165, 1.54) is 0 Å². The minimum Gasteiger partial charge on any atom is -0.336 e. The maximum Gasteiger partial charge on any atom is 0.256 e. The van der Waals surface area contributed by atoms with E-state index in [9.17, 15) is 4.79 Å². The topological polar surface area (TPSA) is 36.4 Å². The first-order valence-electron chi connectivity index (χ1n) is 5.08. The molecule has 15 heavy (non-hydrogen) atoms. The Kier molecular flexibility index (Phi) is 2.97. The predicted molar refractivity (Wildman–Crippen MR) is 56.5 cm³/mol. The summed E-state index contributed by atoms with van der Waals surface area (Å²) in [5.41, 5.74) is 0.557. The number of likely N-dealkylation sites (N-methyl/N-ethyl adjacent to an activating group) is 1. The van der Waals surface area contributed by atoms with Gasteiger partial charge in [-0.2, -0.15) is 0 Å². The summed E-state index contributed by atoms with van der Waals surface area (Å²) in [7, 11) is 2.07. The van der Waals surface area contributed by atoms with Gasteiger partial charge in [0.15, 0.2) is 0 Å². The van der Waals surface area contributed by atoms with Crippen LogP contribution in [0, 0.1) is 6.20 Å². The summed E-state index contributed by atoms with van der Waals surface area (Å²) in [6, 6.07) is 3.52. The van der Waals surface area contributed by atoms with Crippen LogP contribution in [0.15, 0.2) is 18.3 Å². The molecule has 0 spiro atoms. The first kappa shape index (κ1) is 10.1. The number of rotatable bonds is 1. The van der Waals surface area contributed by atoms with Crippen molar-refractivity contribution in [1.29, 1.82) is 0 Å². The number of nitrogens with zero attached hydrogens (tertiary/aromatic N) is 3. The molecular weight excluding hydrogens is 190 g/mol. The van der Waals surface area contributed by atoms with Crippen LogP contribution in [-0.2, 0) is 0 Å². The molecule has 1 saturated heterocycles. The molecule has 1 fully saturated rings.